The quantitative estimate of drug-likeness (QED) is 0.880. The van der Waals surface area contributed by atoms with Gasteiger partial charge in [-0.05, 0) is 29.2 Å². The first kappa shape index (κ1) is 14.0. The molecule has 0 heterocycles. The number of benzene rings is 2. The SMILES string of the molecule is CC(C)C(C)OCC(O)c1cccc2ccccc12. The third kappa shape index (κ3) is 3.34. The molecule has 2 unspecified atom stereocenters. The van der Waals surface area contributed by atoms with E-state index in [1.807, 2.05) is 37.3 Å². The van der Waals surface area contributed by atoms with Crippen molar-refractivity contribution in [2.24, 2.45) is 5.92 Å². The Morgan fingerprint density at radius 3 is 2.42 bits per heavy atom. The molecule has 0 saturated heterocycles. The van der Waals surface area contributed by atoms with Crippen LogP contribution in [0.2, 0.25) is 0 Å². The molecular formula is C17H22O2. The molecule has 2 aromatic carbocycles. The summed E-state index contributed by atoms with van der Waals surface area (Å²) in [7, 11) is 0. The predicted octanol–water partition coefficient (Wildman–Crippen LogP) is 3.93. The zero-order chi connectivity index (χ0) is 13.8. The maximum Gasteiger partial charge on any atom is 0.103 e. The normalized spacial score (nSPS) is 14.8. The Kier molecular flexibility index (Phi) is 4.56. The Morgan fingerprint density at radius 2 is 1.68 bits per heavy atom. The van der Waals surface area contributed by atoms with E-state index in [0.29, 0.717) is 12.5 Å². The summed E-state index contributed by atoms with van der Waals surface area (Å²) in [5.41, 5.74) is 0.939. The number of aliphatic hydroxyl groups excluding tert-OH is 1. The van der Waals surface area contributed by atoms with E-state index in [0.717, 1.165) is 16.3 Å². The zero-order valence-corrected chi connectivity index (χ0v) is 11.8. The molecule has 2 aromatic rings. The molecule has 0 amide bonds. The molecule has 2 nitrogen and oxygen atoms in total. The second kappa shape index (κ2) is 6.18. The average molecular weight is 258 g/mol. The maximum atomic E-state index is 10.3. The van der Waals surface area contributed by atoms with Crippen molar-refractivity contribution >= 4 is 10.8 Å². The topological polar surface area (TPSA) is 29.5 Å². The van der Waals surface area contributed by atoms with Crippen LogP contribution in [0.4, 0.5) is 0 Å². The van der Waals surface area contributed by atoms with Crippen molar-refractivity contribution in [1.29, 1.82) is 0 Å². The molecule has 0 aliphatic rings. The van der Waals surface area contributed by atoms with Gasteiger partial charge in [-0.25, -0.2) is 0 Å². The van der Waals surface area contributed by atoms with Gasteiger partial charge in [0.1, 0.15) is 6.10 Å². The Morgan fingerprint density at radius 1 is 1.00 bits per heavy atom. The van der Waals surface area contributed by atoms with Gasteiger partial charge < -0.3 is 9.84 Å². The molecular weight excluding hydrogens is 236 g/mol. The van der Waals surface area contributed by atoms with Gasteiger partial charge in [-0.3, -0.25) is 0 Å². The molecule has 0 spiro atoms. The van der Waals surface area contributed by atoms with Crippen molar-refractivity contribution in [2.45, 2.75) is 33.0 Å². The first-order chi connectivity index (χ1) is 9.09. The summed E-state index contributed by atoms with van der Waals surface area (Å²) >= 11 is 0. The second-order valence-corrected chi connectivity index (χ2v) is 5.37. The van der Waals surface area contributed by atoms with Crippen LogP contribution in [-0.2, 0) is 4.74 Å². The van der Waals surface area contributed by atoms with Crippen LogP contribution in [0.15, 0.2) is 42.5 Å². The summed E-state index contributed by atoms with van der Waals surface area (Å²) in [6.45, 7) is 6.62. The molecule has 102 valence electrons. The lowest BCUT2D eigenvalue weighted by atomic mass is 10.0. The first-order valence-corrected chi connectivity index (χ1v) is 6.87. The van der Waals surface area contributed by atoms with Crippen LogP contribution in [-0.4, -0.2) is 17.8 Å². The van der Waals surface area contributed by atoms with Gasteiger partial charge in [-0.1, -0.05) is 56.3 Å². The van der Waals surface area contributed by atoms with E-state index in [-0.39, 0.29) is 6.10 Å². The average Bonchev–Trinajstić information content (AvgIpc) is 2.43. The van der Waals surface area contributed by atoms with Gasteiger partial charge in [0.25, 0.3) is 0 Å². The minimum Gasteiger partial charge on any atom is -0.386 e. The van der Waals surface area contributed by atoms with E-state index in [1.54, 1.807) is 0 Å². The number of rotatable bonds is 5. The van der Waals surface area contributed by atoms with Gasteiger partial charge in [-0.15, -0.1) is 0 Å². The zero-order valence-electron chi connectivity index (χ0n) is 11.8. The molecule has 0 aliphatic heterocycles. The number of hydrogen-bond acceptors (Lipinski definition) is 2. The molecule has 0 aromatic heterocycles. The smallest absolute Gasteiger partial charge is 0.103 e. The fraction of sp³-hybridized carbons (Fsp3) is 0.412. The first-order valence-electron chi connectivity index (χ1n) is 6.87. The van der Waals surface area contributed by atoms with Gasteiger partial charge in [0, 0.05) is 0 Å². The van der Waals surface area contributed by atoms with Crippen LogP contribution in [0.3, 0.4) is 0 Å². The van der Waals surface area contributed by atoms with Crippen molar-refractivity contribution in [3.63, 3.8) is 0 Å². The van der Waals surface area contributed by atoms with E-state index < -0.39 is 6.10 Å². The number of aliphatic hydroxyl groups is 1. The standard InChI is InChI=1S/C17H22O2/c1-12(2)13(3)19-11-17(18)16-10-6-8-14-7-4-5-9-15(14)16/h4-10,12-13,17-18H,11H2,1-3H3. The van der Waals surface area contributed by atoms with Crippen LogP contribution < -0.4 is 0 Å². The van der Waals surface area contributed by atoms with E-state index in [4.69, 9.17) is 4.74 Å². The van der Waals surface area contributed by atoms with Gasteiger partial charge in [0.2, 0.25) is 0 Å². The van der Waals surface area contributed by atoms with Crippen LogP contribution in [0.5, 0.6) is 0 Å². The number of fused-ring (bicyclic) bond motifs is 1. The minimum absolute atomic E-state index is 0.157. The molecule has 1 N–H and O–H groups in total. The molecule has 0 radical (unpaired) electrons. The van der Waals surface area contributed by atoms with Crippen LogP contribution in [0.1, 0.15) is 32.4 Å². The maximum absolute atomic E-state index is 10.3. The molecule has 0 bridgehead atoms. The lowest BCUT2D eigenvalue weighted by Gasteiger charge is -2.20. The summed E-state index contributed by atoms with van der Waals surface area (Å²) in [6.07, 6.45) is -0.420. The monoisotopic (exact) mass is 258 g/mol. The Hall–Kier alpha value is -1.38. The van der Waals surface area contributed by atoms with Crippen molar-refractivity contribution in [3.8, 4) is 0 Å². The summed E-state index contributed by atoms with van der Waals surface area (Å²) in [4.78, 5) is 0. The molecule has 2 atom stereocenters. The van der Waals surface area contributed by atoms with E-state index in [2.05, 4.69) is 26.0 Å². The molecule has 2 heteroatoms. The van der Waals surface area contributed by atoms with Crippen LogP contribution >= 0.6 is 0 Å². The molecule has 2 rings (SSSR count). The fourth-order valence-electron chi connectivity index (χ4n) is 2.07. The summed E-state index contributed by atoms with van der Waals surface area (Å²) in [5, 5.41) is 12.6. The second-order valence-electron chi connectivity index (χ2n) is 5.37. The highest BCUT2D eigenvalue weighted by Gasteiger charge is 2.14. The molecule has 0 saturated carbocycles. The molecule has 0 fully saturated rings. The third-order valence-electron chi connectivity index (χ3n) is 3.64. The highest BCUT2D eigenvalue weighted by atomic mass is 16.5. The Balaban J connectivity index is 2.15. The lowest BCUT2D eigenvalue weighted by molar-refractivity contribution is -0.0202. The summed E-state index contributed by atoms with van der Waals surface area (Å²) < 4.78 is 5.72. The van der Waals surface area contributed by atoms with Crippen molar-refractivity contribution < 1.29 is 9.84 Å². The third-order valence-corrected chi connectivity index (χ3v) is 3.64. The van der Waals surface area contributed by atoms with Crippen molar-refractivity contribution in [1.82, 2.24) is 0 Å². The summed E-state index contributed by atoms with van der Waals surface area (Å²) in [6, 6.07) is 14.1. The summed E-state index contributed by atoms with van der Waals surface area (Å²) in [5.74, 6) is 0.458. The van der Waals surface area contributed by atoms with Crippen LogP contribution in [0, 0.1) is 5.92 Å². The highest BCUT2D eigenvalue weighted by molar-refractivity contribution is 5.85. The predicted molar refractivity (Wildman–Crippen MR) is 79.2 cm³/mol. The van der Waals surface area contributed by atoms with Gasteiger partial charge >= 0.3 is 0 Å². The van der Waals surface area contributed by atoms with E-state index in [1.165, 1.54) is 0 Å². The van der Waals surface area contributed by atoms with Crippen molar-refractivity contribution in [2.75, 3.05) is 6.61 Å². The number of hydrogen-bond donors (Lipinski definition) is 1. The van der Waals surface area contributed by atoms with Crippen molar-refractivity contribution in [3.05, 3.63) is 48.0 Å². The van der Waals surface area contributed by atoms with Gasteiger partial charge in [0.15, 0.2) is 0 Å². The van der Waals surface area contributed by atoms with Gasteiger partial charge in [0.05, 0.1) is 12.7 Å². The number of ether oxygens (including phenoxy) is 1. The molecule has 0 aliphatic carbocycles. The Bertz CT molecular complexity index is 528. The van der Waals surface area contributed by atoms with E-state index >= 15 is 0 Å². The van der Waals surface area contributed by atoms with Crippen LogP contribution in [0.25, 0.3) is 10.8 Å². The largest absolute Gasteiger partial charge is 0.386 e. The minimum atomic E-state index is -0.577. The Labute approximate surface area is 115 Å². The van der Waals surface area contributed by atoms with E-state index in [9.17, 15) is 5.11 Å². The van der Waals surface area contributed by atoms with Gasteiger partial charge in [-0.2, -0.15) is 0 Å². The fourth-order valence-corrected chi connectivity index (χ4v) is 2.07. The molecule has 19 heavy (non-hydrogen) atoms. The highest BCUT2D eigenvalue weighted by Crippen LogP contribution is 2.25. The lowest BCUT2D eigenvalue weighted by Crippen LogP contribution is -2.19.